The molecule has 3 rings (SSSR count). The first-order chi connectivity index (χ1) is 10.5. The maximum Gasteiger partial charge on any atom is 0.288 e. The number of carbonyl (C=O) groups excluding carboxylic acids is 1. The molecule has 2 heterocycles. The van der Waals surface area contributed by atoms with Gasteiger partial charge < -0.3 is 4.90 Å². The van der Waals surface area contributed by atoms with Gasteiger partial charge in [-0.05, 0) is 11.6 Å². The highest BCUT2D eigenvalue weighted by Crippen LogP contribution is 2.26. The van der Waals surface area contributed by atoms with E-state index in [0.29, 0.717) is 18.7 Å². The molecule has 9 heteroatoms. The van der Waals surface area contributed by atoms with Crippen molar-refractivity contribution in [2.75, 3.05) is 13.1 Å². The average molecular weight is 322 g/mol. The number of hydrogen-bond donors (Lipinski definition) is 0. The summed E-state index contributed by atoms with van der Waals surface area (Å²) in [5.41, 5.74) is 0.390. The van der Waals surface area contributed by atoms with E-state index >= 15 is 0 Å². The Bertz CT molecular complexity index is 712. The van der Waals surface area contributed by atoms with Crippen LogP contribution in [-0.2, 0) is 11.2 Å². The van der Waals surface area contributed by atoms with E-state index in [1.165, 1.54) is 18.5 Å². The third-order valence-electron chi connectivity index (χ3n) is 3.59. The van der Waals surface area contributed by atoms with Gasteiger partial charge in [0.1, 0.15) is 17.7 Å². The first-order valence-electron chi connectivity index (χ1n) is 6.59. The molecule has 1 amide bonds. The van der Waals surface area contributed by atoms with E-state index < -0.39 is 4.92 Å². The Labute approximate surface area is 130 Å². The molecule has 0 radical (unpaired) electrons. The highest BCUT2D eigenvalue weighted by Gasteiger charge is 2.32. The summed E-state index contributed by atoms with van der Waals surface area (Å²) in [6.07, 6.45) is 3.19. The summed E-state index contributed by atoms with van der Waals surface area (Å²) < 4.78 is 1.72. The molecule has 1 aromatic carbocycles. The minimum Gasteiger partial charge on any atom is -0.338 e. The molecule has 0 atom stereocenters. The minimum absolute atomic E-state index is 0.0661. The van der Waals surface area contributed by atoms with Gasteiger partial charge in [-0.1, -0.05) is 17.7 Å². The number of nitro benzene ring substituents is 1. The summed E-state index contributed by atoms with van der Waals surface area (Å²) in [6.45, 7) is 1.13. The van der Waals surface area contributed by atoms with Gasteiger partial charge in [-0.15, -0.1) is 0 Å². The maximum atomic E-state index is 12.2. The summed E-state index contributed by atoms with van der Waals surface area (Å²) in [4.78, 5) is 28.0. The second kappa shape index (κ2) is 5.72. The molecule has 0 N–H and O–H groups in total. The summed E-state index contributed by atoms with van der Waals surface area (Å²) in [7, 11) is 0. The van der Waals surface area contributed by atoms with Crippen LogP contribution in [0.3, 0.4) is 0 Å². The fraction of sp³-hybridized carbons (Fsp3) is 0.308. The molecule has 0 bridgehead atoms. The van der Waals surface area contributed by atoms with Gasteiger partial charge in [-0.3, -0.25) is 14.9 Å². The van der Waals surface area contributed by atoms with Gasteiger partial charge >= 0.3 is 0 Å². The van der Waals surface area contributed by atoms with Crippen molar-refractivity contribution in [1.82, 2.24) is 19.7 Å². The number of benzene rings is 1. The number of hydrogen-bond acceptors (Lipinski definition) is 5. The summed E-state index contributed by atoms with van der Waals surface area (Å²) in [5.74, 6) is -0.0759. The molecule has 0 aliphatic carbocycles. The smallest absolute Gasteiger partial charge is 0.288 e. The average Bonchev–Trinajstić information content (AvgIpc) is 2.92. The number of likely N-dealkylation sites (tertiary alicyclic amines) is 1. The van der Waals surface area contributed by atoms with Crippen LogP contribution in [0, 0.1) is 10.1 Å². The lowest BCUT2D eigenvalue weighted by molar-refractivity contribution is -0.384. The fourth-order valence-corrected chi connectivity index (χ4v) is 2.51. The Morgan fingerprint density at radius 2 is 2.23 bits per heavy atom. The number of nitro groups is 1. The SMILES string of the molecule is O=C(Cc1ccc(Cl)c([N+](=O)[O-])c1)N1CC(n2cncn2)C1. The molecular weight excluding hydrogens is 310 g/mol. The van der Waals surface area contributed by atoms with Crippen LogP contribution in [0.25, 0.3) is 0 Å². The highest BCUT2D eigenvalue weighted by atomic mass is 35.5. The second-order valence-corrected chi connectivity index (χ2v) is 5.45. The predicted octanol–water partition coefficient (Wildman–Crippen LogP) is 1.47. The van der Waals surface area contributed by atoms with E-state index in [0.717, 1.165) is 0 Å². The van der Waals surface area contributed by atoms with E-state index in [1.807, 2.05) is 0 Å². The zero-order chi connectivity index (χ0) is 15.7. The van der Waals surface area contributed by atoms with Crippen molar-refractivity contribution in [2.45, 2.75) is 12.5 Å². The zero-order valence-electron chi connectivity index (χ0n) is 11.4. The molecule has 2 aromatic rings. The van der Waals surface area contributed by atoms with Crippen LogP contribution < -0.4 is 0 Å². The van der Waals surface area contributed by atoms with E-state index in [4.69, 9.17) is 11.6 Å². The van der Waals surface area contributed by atoms with Crippen LogP contribution in [0.2, 0.25) is 5.02 Å². The van der Waals surface area contributed by atoms with Gasteiger partial charge in [0.2, 0.25) is 5.91 Å². The molecular formula is C13H12ClN5O3. The van der Waals surface area contributed by atoms with Gasteiger partial charge in [0.05, 0.1) is 17.4 Å². The second-order valence-electron chi connectivity index (χ2n) is 5.05. The molecule has 1 saturated heterocycles. The van der Waals surface area contributed by atoms with Crippen molar-refractivity contribution in [3.63, 3.8) is 0 Å². The number of rotatable bonds is 4. The molecule has 1 aliphatic heterocycles. The third-order valence-corrected chi connectivity index (χ3v) is 3.91. The van der Waals surface area contributed by atoms with E-state index in [2.05, 4.69) is 10.1 Å². The topological polar surface area (TPSA) is 94.2 Å². The van der Waals surface area contributed by atoms with Crippen molar-refractivity contribution < 1.29 is 9.72 Å². The third kappa shape index (κ3) is 2.77. The first-order valence-corrected chi connectivity index (χ1v) is 6.97. The van der Waals surface area contributed by atoms with Crippen LogP contribution in [-0.4, -0.2) is 43.6 Å². The molecule has 1 fully saturated rings. The molecule has 0 saturated carbocycles. The lowest BCUT2D eigenvalue weighted by Crippen LogP contribution is -2.51. The van der Waals surface area contributed by atoms with Crippen molar-refractivity contribution in [1.29, 1.82) is 0 Å². The van der Waals surface area contributed by atoms with E-state index in [1.54, 1.807) is 22.0 Å². The lowest BCUT2D eigenvalue weighted by atomic mass is 10.1. The monoisotopic (exact) mass is 321 g/mol. The zero-order valence-corrected chi connectivity index (χ0v) is 12.2. The van der Waals surface area contributed by atoms with Gasteiger partial charge in [0, 0.05) is 19.2 Å². The van der Waals surface area contributed by atoms with Gasteiger partial charge in [0.25, 0.3) is 5.69 Å². The summed E-state index contributed by atoms with van der Waals surface area (Å²) in [6, 6.07) is 4.55. The molecule has 0 unspecified atom stereocenters. The molecule has 22 heavy (non-hydrogen) atoms. The Morgan fingerprint density at radius 1 is 1.45 bits per heavy atom. The molecule has 1 aliphatic rings. The first kappa shape index (κ1) is 14.5. The van der Waals surface area contributed by atoms with Gasteiger partial charge in [-0.2, -0.15) is 5.10 Å². The Hall–Kier alpha value is -2.48. The van der Waals surface area contributed by atoms with Crippen molar-refractivity contribution in [3.8, 4) is 0 Å². The number of aromatic nitrogens is 3. The van der Waals surface area contributed by atoms with Crippen LogP contribution in [0.4, 0.5) is 5.69 Å². The van der Waals surface area contributed by atoms with Crippen molar-refractivity contribution in [2.24, 2.45) is 0 Å². The van der Waals surface area contributed by atoms with Crippen molar-refractivity contribution >= 4 is 23.2 Å². The normalized spacial score (nSPS) is 14.7. The molecule has 0 spiro atoms. The van der Waals surface area contributed by atoms with Crippen LogP contribution in [0.5, 0.6) is 0 Å². The Kier molecular flexibility index (Phi) is 3.76. The van der Waals surface area contributed by atoms with Crippen LogP contribution in [0.15, 0.2) is 30.9 Å². The fourth-order valence-electron chi connectivity index (χ4n) is 2.33. The summed E-state index contributed by atoms with van der Waals surface area (Å²) in [5, 5.41) is 14.9. The number of amides is 1. The Balaban J connectivity index is 1.61. The van der Waals surface area contributed by atoms with E-state index in [-0.39, 0.29) is 29.1 Å². The molecule has 8 nitrogen and oxygen atoms in total. The standard InChI is InChI=1S/C13H12ClN5O3/c14-11-2-1-9(3-12(11)19(21)22)4-13(20)17-5-10(6-17)18-8-15-7-16-18/h1-3,7-8,10H,4-6H2. The maximum absolute atomic E-state index is 12.2. The number of halogens is 1. The Morgan fingerprint density at radius 3 is 2.86 bits per heavy atom. The minimum atomic E-state index is -0.555. The summed E-state index contributed by atoms with van der Waals surface area (Å²) >= 11 is 5.75. The highest BCUT2D eigenvalue weighted by molar-refractivity contribution is 6.32. The van der Waals surface area contributed by atoms with Gasteiger partial charge in [-0.25, -0.2) is 9.67 Å². The van der Waals surface area contributed by atoms with Gasteiger partial charge in [0.15, 0.2) is 0 Å². The largest absolute Gasteiger partial charge is 0.338 e. The quantitative estimate of drug-likeness (QED) is 0.627. The number of carbonyl (C=O) groups is 1. The van der Waals surface area contributed by atoms with Crippen LogP contribution >= 0.6 is 11.6 Å². The number of nitrogens with zero attached hydrogens (tertiary/aromatic N) is 5. The van der Waals surface area contributed by atoms with E-state index in [9.17, 15) is 14.9 Å². The predicted molar refractivity (Wildman–Crippen MR) is 77.4 cm³/mol. The van der Waals surface area contributed by atoms with Crippen LogP contribution in [0.1, 0.15) is 11.6 Å². The molecule has 114 valence electrons. The lowest BCUT2D eigenvalue weighted by Gasteiger charge is -2.39. The molecule has 1 aromatic heterocycles. The van der Waals surface area contributed by atoms with Crippen molar-refractivity contribution in [3.05, 3.63) is 51.6 Å².